The average molecular weight is 226 g/mol. The molecule has 0 bridgehead atoms. The lowest BCUT2D eigenvalue weighted by Crippen LogP contribution is -2.43. The van der Waals surface area contributed by atoms with Gasteiger partial charge < -0.3 is 5.32 Å². The zero-order valence-corrected chi connectivity index (χ0v) is 11.5. The minimum absolute atomic E-state index is 0.793. The summed E-state index contributed by atoms with van der Waals surface area (Å²) in [6.07, 6.45) is 6.80. The zero-order valence-electron chi connectivity index (χ0n) is 11.5. The van der Waals surface area contributed by atoms with E-state index < -0.39 is 0 Å². The van der Waals surface area contributed by atoms with Crippen LogP contribution in [0, 0.1) is 5.92 Å². The summed E-state index contributed by atoms with van der Waals surface area (Å²) >= 11 is 0. The standard InChI is InChI=1S/C14H30N2/c1-4-5-6-8-15-9-11-16-10-7-13(2)12-14(16)3/h13-15H,4-12H2,1-3H3. The van der Waals surface area contributed by atoms with Crippen LogP contribution in [0.2, 0.25) is 0 Å². The fraction of sp³-hybridized carbons (Fsp3) is 1.00. The minimum Gasteiger partial charge on any atom is -0.315 e. The molecule has 0 aromatic carbocycles. The number of likely N-dealkylation sites (tertiary alicyclic amines) is 1. The lowest BCUT2D eigenvalue weighted by Gasteiger charge is -2.36. The van der Waals surface area contributed by atoms with Gasteiger partial charge in [-0.3, -0.25) is 4.90 Å². The summed E-state index contributed by atoms with van der Waals surface area (Å²) in [7, 11) is 0. The number of hydrogen-bond acceptors (Lipinski definition) is 2. The second-order valence-corrected chi connectivity index (χ2v) is 5.47. The second-order valence-electron chi connectivity index (χ2n) is 5.47. The summed E-state index contributed by atoms with van der Waals surface area (Å²) < 4.78 is 0. The van der Waals surface area contributed by atoms with E-state index in [1.165, 1.54) is 58.3 Å². The Bertz CT molecular complexity index is 170. The highest BCUT2D eigenvalue weighted by atomic mass is 15.2. The topological polar surface area (TPSA) is 15.3 Å². The average Bonchev–Trinajstić information content (AvgIpc) is 2.26. The van der Waals surface area contributed by atoms with Crippen molar-refractivity contribution in [2.75, 3.05) is 26.2 Å². The van der Waals surface area contributed by atoms with Crippen LogP contribution in [0.5, 0.6) is 0 Å². The molecule has 1 saturated heterocycles. The normalized spacial score (nSPS) is 27.2. The van der Waals surface area contributed by atoms with Crippen molar-refractivity contribution in [3.8, 4) is 0 Å². The Morgan fingerprint density at radius 3 is 2.69 bits per heavy atom. The molecule has 0 saturated carbocycles. The van der Waals surface area contributed by atoms with E-state index in [2.05, 4.69) is 31.0 Å². The first-order valence-corrected chi connectivity index (χ1v) is 7.18. The number of piperidine rings is 1. The Balaban J connectivity index is 2.00. The summed E-state index contributed by atoms with van der Waals surface area (Å²) in [5.74, 6) is 0.934. The van der Waals surface area contributed by atoms with Crippen LogP contribution in [0.25, 0.3) is 0 Å². The molecule has 1 aliphatic rings. The number of nitrogens with zero attached hydrogens (tertiary/aromatic N) is 1. The molecule has 16 heavy (non-hydrogen) atoms. The Kier molecular flexibility index (Phi) is 7.06. The molecule has 1 heterocycles. The molecule has 1 aliphatic heterocycles. The predicted molar refractivity (Wildman–Crippen MR) is 71.8 cm³/mol. The highest BCUT2D eigenvalue weighted by Crippen LogP contribution is 2.21. The van der Waals surface area contributed by atoms with Crippen molar-refractivity contribution in [3.63, 3.8) is 0 Å². The molecular weight excluding hydrogens is 196 g/mol. The molecule has 1 fully saturated rings. The SMILES string of the molecule is CCCCCNCCN1CCC(C)CC1C. The third kappa shape index (κ3) is 5.31. The van der Waals surface area contributed by atoms with Crippen LogP contribution in [-0.2, 0) is 0 Å². The lowest BCUT2D eigenvalue weighted by atomic mass is 9.93. The van der Waals surface area contributed by atoms with Crippen molar-refractivity contribution < 1.29 is 0 Å². The maximum Gasteiger partial charge on any atom is 0.0110 e. The van der Waals surface area contributed by atoms with Gasteiger partial charge in [-0.2, -0.15) is 0 Å². The van der Waals surface area contributed by atoms with Crippen molar-refractivity contribution in [2.45, 2.75) is 58.9 Å². The minimum atomic E-state index is 0.793. The summed E-state index contributed by atoms with van der Waals surface area (Å²) in [6.45, 7) is 11.9. The molecule has 0 radical (unpaired) electrons. The monoisotopic (exact) mass is 226 g/mol. The van der Waals surface area contributed by atoms with Crippen LogP contribution in [-0.4, -0.2) is 37.1 Å². The van der Waals surface area contributed by atoms with Crippen molar-refractivity contribution >= 4 is 0 Å². The van der Waals surface area contributed by atoms with Gasteiger partial charge in [0.25, 0.3) is 0 Å². The Morgan fingerprint density at radius 2 is 2.00 bits per heavy atom. The van der Waals surface area contributed by atoms with Crippen LogP contribution in [0.1, 0.15) is 52.9 Å². The van der Waals surface area contributed by atoms with Crippen LogP contribution in [0.3, 0.4) is 0 Å². The van der Waals surface area contributed by atoms with E-state index in [1.807, 2.05) is 0 Å². The van der Waals surface area contributed by atoms with Crippen molar-refractivity contribution in [3.05, 3.63) is 0 Å². The van der Waals surface area contributed by atoms with Crippen LogP contribution >= 0.6 is 0 Å². The van der Waals surface area contributed by atoms with Crippen LogP contribution in [0.4, 0.5) is 0 Å². The number of rotatable bonds is 7. The van der Waals surface area contributed by atoms with Crippen molar-refractivity contribution in [1.82, 2.24) is 10.2 Å². The summed E-state index contributed by atoms with van der Waals surface area (Å²) in [5.41, 5.74) is 0. The second kappa shape index (κ2) is 8.08. The molecule has 0 aromatic rings. The van der Waals surface area contributed by atoms with E-state index in [0.717, 1.165) is 12.0 Å². The maximum atomic E-state index is 3.56. The molecule has 0 spiro atoms. The molecule has 2 heteroatoms. The van der Waals surface area contributed by atoms with Gasteiger partial charge in [-0.1, -0.05) is 26.7 Å². The first-order chi connectivity index (χ1) is 7.74. The van der Waals surface area contributed by atoms with Crippen molar-refractivity contribution in [1.29, 1.82) is 0 Å². The fourth-order valence-corrected chi connectivity index (χ4v) is 2.64. The third-order valence-electron chi connectivity index (χ3n) is 3.81. The fourth-order valence-electron chi connectivity index (χ4n) is 2.64. The summed E-state index contributed by atoms with van der Waals surface area (Å²) in [4.78, 5) is 2.65. The molecular formula is C14H30N2. The molecule has 1 N–H and O–H groups in total. The smallest absolute Gasteiger partial charge is 0.0110 e. The first-order valence-electron chi connectivity index (χ1n) is 7.18. The lowest BCUT2D eigenvalue weighted by molar-refractivity contribution is 0.130. The zero-order chi connectivity index (χ0) is 11.8. The number of hydrogen-bond donors (Lipinski definition) is 1. The van der Waals surface area contributed by atoms with E-state index in [1.54, 1.807) is 0 Å². The van der Waals surface area contributed by atoms with E-state index in [9.17, 15) is 0 Å². The van der Waals surface area contributed by atoms with Gasteiger partial charge in [0.15, 0.2) is 0 Å². The van der Waals surface area contributed by atoms with Gasteiger partial charge in [-0.05, 0) is 45.2 Å². The van der Waals surface area contributed by atoms with Gasteiger partial charge >= 0.3 is 0 Å². The van der Waals surface area contributed by atoms with Gasteiger partial charge in [-0.25, -0.2) is 0 Å². The van der Waals surface area contributed by atoms with Crippen LogP contribution in [0.15, 0.2) is 0 Å². The van der Waals surface area contributed by atoms with Gasteiger partial charge in [0.1, 0.15) is 0 Å². The molecule has 2 atom stereocenters. The van der Waals surface area contributed by atoms with Gasteiger partial charge in [0.2, 0.25) is 0 Å². The third-order valence-corrected chi connectivity index (χ3v) is 3.81. The van der Waals surface area contributed by atoms with E-state index in [4.69, 9.17) is 0 Å². The highest BCUT2D eigenvalue weighted by molar-refractivity contribution is 4.77. The summed E-state index contributed by atoms with van der Waals surface area (Å²) in [5, 5.41) is 3.56. The van der Waals surface area contributed by atoms with Gasteiger partial charge in [0.05, 0.1) is 0 Å². The van der Waals surface area contributed by atoms with E-state index in [0.29, 0.717) is 0 Å². The molecule has 2 nitrogen and oxygen atoms in total. The highest BCUT2D eigenvalue weighted by Gasteiger charge is 2.21. The molecule has 0 aromatic heterocycles. The summed E-state index contributed by atoms with van der Waals surface area (Å²) in [6, 6.07) is 0.793. The van der Waals surface area contributed by atoms with Crippen LogP contribution < -0.4 is 5.32 Å². The Hall–Kier alpha value is -0.0800. The first kappa shape index (κ1) is 14.0. The molecule has 0 amide bonds. The van der Waals surface area contributed by atoms with Crippen molar-refractivity contribution in [2.24, 2.45) is 5.92 Å². The molecule has 1 rings (SSSR count). The predicted octanol–water partition coefficient (Wildman–Crippen LogP) is 2.89. The Labute approximate surface area is 102 Å². The quantitative estimate of drug-likeness (QED) is 0.672. The molecule has 96 valence electrons. The molecule has 2 unspecified atom stereocenters. The van der Waals surface area contributed by atoms with Gasteiger partial charge in [0, 0.05) is 19.1 Å². The number of unbranched alkanes of at least 4 members (excludes halogenated alkanes) is 2. The Morgan fingerprint density at radius 1 is 1.19 bits per heavy atom. The largest absolute Gasteiger partial charge is 0.315 e. The molecule has 0 aliphatic carbocycles. The van der Waals surface area contributed by atoms with Gasteiger partial charge in [-0.15, -0.1) is 0 Å². The number of nitrogens with one attached hydrogen (secondary N) is 1. The maximum absolute atomic E-state index is 3.56. The van der Waals surface area contributed by atoms with E-state index in [-0.39, 0.29) is 0 Å². The van der Waals surface area contributed by atoms with E-state index >= 15 is 0 Å².